The number of nitrogens with zero attached hydrogens (tertiary/aromatic N) is 1. The lowest BCUT2D eigenvalue weighted by Gasteiger charge is -2.24. The van der Waals surface area contributed by atoms with Gasteiger partial charge < -0.3 is 11.1 Å². The third-order valence-corrected chi connectivity index (χ3v) is 3.69. The summed E-state index contributed by atoms with van der Waals surface area (Å²) in [6.07, 6.45) is 0. The van der Waals surface area contributed by atoms with E-state index in [0.29, 0.717) is 11.5 Å². The molecule has 4 N–H and O–H groups in total. The third-order valence-electron chi connectivity index (χ3n) is 3.69. The van der Waals surface area contributed by atoms with E-state index < -0.39 is 5.41 Å². The molecule has 1 aromatic carbocycles. The van der Waals surface area contributed by atoms with Crippen molar-refractivity contribution >= 4 is 17.4 Å². The normalized spacial score (nSPS) is 11.4. The van der Waals surface area contributed by atoms with Crippen LogP contribution in [0.1, 0.15) is 30.7 Å². The highest BCUT2D eigenvalue weighted by molar-refractivity contribution is 5.98. The first-order valence-corrected chi connectivity index (χ1v) is 6.51. The molecule has 2 aromatic rings. The van der Waals surface area contributed by atoms with Crippen molar-refractivity contribution in [3.8, 4) is 0 Å². The molecule has 0 fully saturated rings. The summed E-state index contributed by atoms with van der Waals surface area (Å²) in [5, 5.41) is 9.83. The molecule has 2 rings (SSSR count). The molecule has 0 saturated heterocycles. The summed E-state index contributed by atoms with van der Waals surface area (Å²) in [4.78, 5) is 12.5. The van der Waals surface area contributed by atoms with Crippen molar-refractivity contribution in [2.24, 2.45) is 0 Å². The summed E-state index contributed by atoms with van der Waals surface area (Å²) in [6.45, 7) is 7.60. The monoisotopic (exact) mass is 272 g/mol. The van der Waals surface area contributed by atoms with Crippen LogP contribution >= 0.6 is 0 Å². The Balaban J connectivity index is 2.23. The SMILES string of the molecule is Cc1[nH]nc(NC(=O)C(C)(C)c2ccc(N)cc2)c1C. The molecule has 5 nitrogen and oxygen atoms in total. The number of carbonyl (C=O) groups excluding carboxylic acids is 1. The molecular formula is C15H20N4O. The molecule has 1 aromatic heterocycles. The van der Waals surface area contributed by atoms with E-state index in [4.69, 9.17) is 5.73 Å². The average molecular weight is 272 g/mol. The van der Waals surface area contributed by atoms with Gasteiger partial charge in [0.2, 0.25) is 5.91 Å². The Morgan fingerprint density at radius 1 is 1.25 bits per heavy atom. The van der Waals surface area contributed by atoms with Gasteiger partial charge in [0.05, 0.1) is 5.41 Å². The van der Waals surface area contributed by atoms with Gasteiger partial charge in [0, 0.05) is 16.9 Å². The number of aromatic nitrogens is 2. The zero-order valence-electron chi connectivity index (χ0n) is 12.2. The lowest BCUT2D eigenvalue weighted by Crippen LogP contribution is -2.35. The van der Waals surface area contributed by atoms with Crippen LogP contribution in [-0.2, 0) is 10.2 Å². The highest BCUT2D eigenvalue weighted by Crippen LogP contribution is 2.26. The number of hydrogen-bond donors (Lipinski definition) is 3. The number of hydrogen-bond acceptors (Lipinski definition) is 3. The van der Waals surface area contributed by atoms with Crippen molar-refractivity contribution in [2.75, 3.05) is 11.1 Å². The van der Waals surface area contributed by atoms with Crippen LogP contribution in [0, 0.1) is 13.8 Å². The van der Waals surface area contributed by atoms with Crippen molar-refractivity contribution < 1.29 is 4.79 Å². The summed E-state index contributed by atoms with van der Waals surface area (Å²) in [6, 6.07) is 7.34. The first-order chi connectivity index (χ1) is 9.32. The number of amides is 1. The number of aromatic amines is 1. The highest BCUT2D eigenvalue weighted by Gasteiger charge is 2.30. The van der Waals surface area contributed by atoms with Crippen molar-refractivity contribution in [1.82, 2.24) is 10.2 Å². The van der Waals surface area contributed by atoms with Crippen LogP contribution in [0.15, 0.2) is 24.3 Å². The molecular weight excluding hydrogens is 252 g/mol. The maximum Gasteiger partial charge on any atom is 0.235 e. The van der Waals surface area contributed by atoms with Gasteiger partial charge in [0.25, 0.3) is 0 Å². The van der Waals surface area contributed by atoms with E-state index in [9.17, 15) is 4.79 Å². The van der Waals surface area contributed by atoms with Gasteiger partial charge in [-0.05, 0) is 45.4 Å². The number of carbonyl (C=O) groups is 1. The van der Waals surface area contributed by atoms with Gasteiger partial charge in [-0.15, -0.1) is 0 Å². The number of aryl methyl sites for hydroxylation is 1. The lowest BCUT2D eigenvalue weighted by atomic mass is 9.83. The quantitative estimate of drug-likeness (QED) is 0.751. The Morgan fingerprint density at radius 2 is 1.85 bits per heavy atom. The van der Waals surface area contributed by atoms with Crippen LogP contribution < -0.4 is 11.1 Å². The number of nitrogens with one attached hydrogen (secondary N) is 2. The fraction of sp³-hybridized carbons (Fsp3) is 0.333. The summed E-state index contributed by atoms with van der Waals surface area (Å²) >= 11 is 0. The van der Waals surface area contributed by atoms with Crippen molar-refractivity contribution in [2.45, 2.75) is 33.1 Å². The molecule has 1 heterocycles. The van der Waals surface area contributed by atoms with Crippen LogP contribution in [-0.4, -0.2) is 16.1 Å². The Bertz CT molecular complexity index is 626. The van der Waals surface area contributed by atoms with Crippen molar-refractivity contribution in [3.63, 3.8) is 0 Å². The molecule has 0 aliphatic heterocycles. The maximum absolute atomic E-state index is 12.5. The van der Waals surface area contributed by atoms with Crippen LogP contribution in [0.2, 0.25) is 0 Å². The molecule has 5 heteroatoms. The molecule has 20 heavy (non-hydrogen) atoms. The second kappa shape index (κ2) is 5.00. The van der Waals surface area contributed by atoms with Crippen LogP contribution in [0.4, 0.5) is 11.5 Å². The maximum atomic E-state index is 12.5. The summed E-state index contributed by atoms with van der Waals surface area (Å²) in [7, 11) is 0. The molecule has 0 bridgehead atoms. The fourth-order valence-electron chi connectivity index (χ4n) is 1.90. The minimum Gasteiger partial charge on any atom is -0.399 e. The second-order valence-electron chi connectivity index (χ2n) is 5.52. The molecule has 0 aliphatic carbocycles. The molecule has 0 saturated carbocycles. The Kier molecular flexibility index (Phi) is 3.53. The van der Waals surface area contributed by atoms with Gasteiger partial charge in [0.1, 0.15) is 0 Å². The van der Waals surface area contributed by atoms with Gasteiger partial charge in [-0.2, -0.15) is 5.10 Å². The van der Waals surface area contributed by atoms with E-state index in [2.05, 4.69) is 15.5 Å². The second-order valence-corrected chi connectivity index (χ2v) is 5.52. The first-order valence-electron chi connectivity index (χ1n) is 6.51. The number of rotatable bonds is 3. The Morgan fingerprint density at radius 3 is 2.35 bits per heavy atom. The van der Waals surface area contributed by atoms with E-state index in [1.807, 2.05) is 39.8 Å². The predicted molar refractivity (Wildman–Crippen MR) is 80.6 cm³/mol. The zero-order chi connectivity index (χ0) is 14.9. The van der Waals surface area contributed by atoms with Gasteiger partial charge in [0.15, 0.2) is 5.82 Å². The van der Waals surface area contributed by atoms with Gasteiger partial charge in [-0.1, -0.05) is 12.1 Å². The van der Waals surface area contributed by atoms with Gasteiger partial charge in [-0.25, -0.2) is 0 Å². The molecule has 0 spiro atoms. The average Bonchev–Trinajstić information content (AvgIpc) is 2.71. The van der Waals surface area contributed by atoms with Gasteiger partial charge >= 0.3 is 0 Å². The lowest BCUT2D eigenvalue weighted by molar-refractivity contribution is -0.120. The summed E-state index contributed by atoms with van der Waals surface area (Å²) < 4.78 is 0. The number of nitrogens with two attached hydrogens (primary N) is 1. The largest absolute Gasteiger partial charge is 0.399 e. The molecule has 0 radical (unpaired) electrons. The van der Waals surface area contributed by atoms with Crippen molar-refractivity contribution in [1.29, 1.82) is 0 Å². The van der Waals surface area contributed by atoms with E-state index in [1.54, 1.807) is 12.1 Å². The molecule has 0 atom stereocenters. The van der Waals surface area contributed by atoms with E-state index in [1.165, 1.54) is 0 Å². The first kappa shape index (κ1) is 14.1. The van der Waals surface area contributed by atoms with Crippen LogP contribution in [0.25, 0.3) is 0 Å². The highest BCUT2D eigenvalue weighted by atomic mass is 16.2. The van der Waals surface area contributed by atoms with Crippen LogP contribution in [0.5, 0.6) is 0 Å². The molecule has 0 unspecified atom stereocenters. The van der Waals surface area contributed by atoms with Crippen molar-refractivity contribution in [3.05, 3.63) is 41.1 Å². The summed E-state index contributed by atoms with van der Waals surface area (Å²) in [5.41, 5.74) is 8.51. The molecule has 106 valence electrons. The number of anilines is 2. The minimum absolute atomic E-state index is 0.100. The smallest absolute Gasteiger partial charge is 0.235 e. The van der Waals surface area contributed by atoms with E-state index in [0.717, 1.165) is 16.8 Å². The van der Waals surface area contributed by atoms with Crippen LogP contribution in [0.3, 0.4) is 0 Å². The van der Waals surface area contributed by atoms with Gasteiger partial charge in [-0.3, -0.25) is 9.89 Å². The standard InChI is InChI=1S/C15H20N4O/c1-9-10(2)18-19-13(9)17-14(20)15(3,4)11-5-7-12(16)8-6-11/h5-8H,16H2,1-4H3,(H2,17,18,19,20). The Hall–Kier alpha value is -2.30. The topological polar surface area (TPSA) is 83.8 Å². The molecule has 1 amide bonds. The third kappa shape index (κ3) is 2.52. The minimum atomic E-state index is -0.660. The van der Waals surface area contributed by atoms with E-state index >= 15 is 0 Å². The number of nitrogen functional groups attached to an aromatic ring is 1. The van der Waals surface area contributed by atoms with E-state index in [-0.39, 0.29) is 5.91 Å². The number of benzene rings is 1. The predicted octanol–water partition coefficient (Wildman–Crippen LogP) is 2.53. The fourth-order valence-corrected chi connectivity index (χ4v) is 1.90. The zero-order valence-corrected chi connectivity index (χ0v) is 12.2. The molecule has 0 aliphatic rings. The number of H-pyrrole nitrogens is 1. The summed E-state index contributed by atoms with van der Waals surface area (Å²) in [5.74, 6) is 0.480. The Labute approximate surface area is 118 Å².